The third-order valence-corrected chi connectivity index (χ3v) is 5.75. The van der Waals surface area contributed by atoms with Crippen LogP contribution in [0, 0.1) is 5.92 Å². The molecule has 0 aliphatic rings. The topological polar surface area (TPSA) is 96.2 Å². The van der Waals surface area contributed by atoms with Gasteiger partial charge in [0.15, 0.2) is 0 Å². The van der Waals surface area contributed by atoms with Crippen molar-refractivity contribution in [2.24, 2.45) is 11.7 Å². The fraction of sp³-hybridized carbons (Fsp3) is 0.481. The molecule has 0 spiro atoms. The molecule has 0 fully saturated rings. The Morgan fingerprint density at radius 1 is 0.818 bits per heavy atom. The number of hydrogen-bond acceptors (Lipinski definition) is 4. The van der Waals surface area contributed by atoms with Crippen LogP contribution >= 0.6 is 0 Å². The number of carbonyl (C=O) groups is 2. The highest BCUT2D eigenvalue weighted by Crippen LogP contribution is 2.19. The van der Waals surface area contributed by atoms with Crippen LogP contribution < -0.4 is 21.7 Å². The summed E-state index contributed by atoms with van der Waals surface area (Å²) in [7, 11) is 1.79. The van der Waals surface area contributed by atoms with Crippen LogP contribution in [0.2, 0.25) is 0 Å². The molecule has 2 rings (SSSR count). The zero-order valence-electron chi connectivity index (χ0n) is 20.3. The Labute approximate surface area is 198 Å². The SMILES string of the molecule is CN[C@H](Cc1ccc(-c2ccccc2)cc1)C(=O)NCCC[C@@H](N)C(=O)NCCCC(C)C. The van der Waals surface area contributed by atoms with Crippen LogP contribution in [0.15, 0.2) is 54.6 Å². The highest BCUT2D eigenvalue weighted by atomic mass is 16.2. The molecule has 0 bridgehead atoms. The monoisotopic (exact) mass is 452 g/mol. The number of hydrogen-bond donors (Lipinski definition) is 4. The van der Waals surface area contributed by atoms with Gasteiger partial charge in [-0.25, -0.2) is 0 Å². The van der Waals surface area contributed by atoms with Gasteiger partial charge in [-0.05, 0) is 61.8 Å². The highest BCUT2D eigenvalue weighted by Gasteiger charge is 2.17. The summed E-state index contributed by atoms with van der Waals surface area (Å²) >= 11 is 0. The Balaban J connectivity index is 1.70. The van der Waals surface area contributed by atoms with E-state index in [0.29, 0.717) is 38.3 Å². The van der Waals surface area contributed by atoms with E-state index in [2.05, 4.69) is 66.2 Å². The zero-order valence-corrected chi connectivity index (χ0v) is 20.3. The standard InChI is InChI=1S/C27H40N4O2/c1-20(2)9-7-17-30-26(32)24(28)12-8-18-31-27(33)25(29-3)19-21-13-15-23(16-14-21)22-10-5-4-6-11-22/h4-6,10-11,13-16,20,24-25,29H,7-9,12,17-19,28H2,1-3H3,(H,30,32)(H,31,33)/t24-,25-/m1/s1. The van der Waals surface area contributed by atoms with Gasteiger partial charge in [-0.1, -0.05) is 68.4 Å². The fourth-order valence-electron chi connectivity index (χ4n) is 3.67. The van der Waals surface area contributed by atoms with Crippen LogP contribution in [-0.2, 0) is 16.0 Å². The van der Waals surface area contributed by atoms with Gasteiger partial charge in [-0.2, -0.15) is 0 Å². The Kier molecular flexibility index (Phi) is 11.6. The summed E-state index contributed by atoms with van der Waals surface area (Å²) in [6.45, 7) is 5.50. The molecular weight excluding hydrogens is 412 g/mol. The molecule has 0 radical (unpaired) electrons. The molecule has 6 heteroatoms. The van der Waals surface area contributed by atoms with Crippen molar-refractivity contribution < 1.29 is 9.59 Å². The van der Waals surface area contributed by atoms with E-state index in [1.165, 1.54) is 5.56 Å². The van der Waals surface area contributed by atoms with Crippen molar-refractivity contribution in [3.8, 4) is 11.1 Å². The van der Waals surface area contributed by atoms with E-state index in [9.17, 15) is 9.59 Å². The maximum Gasteiger partial charge on any atom is 0.237 e. The first-order valence-electron chi connectivity index (χ1n) is 12.0. The molecule has 0 heterocycles. The maximum absolute atomic E-state index is 12.6. The predicted octanol–water partition coefficient (Wildman–Crippen LogP) is 3.26. The summed E-state index contributed by atoms with van der Waals surface area (Å²) in [5.41, 5.74) is 9.41. The van der Waals surface area contributed by atoms with Crippen LogP contribution in [0.3, 0.4) is 0 Å². The summed E-state index contributed by atoms with van der Waals surface area (Å²) in [5, 5.41) is 8.96. The molecule has 2 amide bonds. The van der Waals surface area contributed by atoms with E-state index in [-0.39, 0.29) is 17.9 Å². The Morgan fingerprint density at radius 3 is 2.00 bits per heavy atom. The smallest absolute Gasteiger partial charge is 0.237 e. The summed E-state index contributed by atoms with van der Waals surface area (Å²) in [6, 6.07) is 17.7. The minimum atomic E-state index is -0.538. The minimum absolute atomic E-state index is 0.0451. The van der Waals surface area contributed by atoms with Gasteiger partial charge in [0.1, 0.15) is 0 Å². The third-order valence-electron chi connectivity index (χ3n) is 5.75. The number of nitrogens with one attached hydrogen (secondary N) is 3. The number of likely N-dealkylation sites (N-methyl/N-ethyl adjacent to an activating group) is 1. The summed E-state index contributed by atoms with van der Waals surface area (Å²) in [6.07, 6.45) is 3.86. The zero-order chi connectivity index (χ0) is 24.1. The van der Waals surface area contributed by atoms with E-state index in [4.69, 9.17) is 5.73 Å². The minimum Gasteiger partial charge on any atom is -0.355 e. The van der Waals surface area contributed by atoms with Crippen LogP contribution in [0.4, 0.5) is 0 Å². The van der Waals surface area contributed by atoms with Crippen molar-refractivity contribution in [3.05, 3.63) is 60.2 Å². The lowest BCUT2D eigenvalue weighted by molar-refractivity contribution is -0.123. The quantitative estimate of drug-likeness (QED) is 0.331. The molecule has 0 saturated carbocycles. The Morgan fingerprint density at radius 2 is 1.39 bits per heavy atom. The molecule has 0 aliphatic carbocycles. The van der Waals surface area contributed by atoms with Crippen molar-refractivity contribution >= 4 is 11.8 Å². The largest absolute Gasteiger partial charge is 0.355 e. The molecular formula is C27H40N4O2. The maximum atomic E-state index is 12.6. The first-order valence-corrected chi connectivity index (χ1v) is 12.0. The summed E-state index contributed by atoms with van der Waals surface area (Å²) in [5.74, 6) is 0.475. The van der Waals surface area contributed by atoms with Gasteiger partial charge in [-0.3, -0.25) is 9.59 Å². The van der Waals surface area contributed by atoms with Crippen molar-refractivity contribution in [1.82, 2.24) is 16.0 Å². The van der Waals surface area contributed by atoms with Gasteiger partial charge in [0.25, 0.3) is 0 Å². The normalized spacial score (nSPS) is 12.9. The lowest BCUT2D eigenvalue weighted by Gasteiger charge is -2.17. The van der Waals surface area contributed by atoms with Gasteiger partial charge in [0.05, 0.1) is 12.1 Å². The molecule has 6 nitrogen and oxygen atoms in total. The first-order chi connectivity index (χ1) is 15.9. The number of benzene rings is 2. The summed E-state index contributed by atoms with van der Waals surface area (Å²) in [4.78, 5) is 24.6. The van der Waals surface area contributed by atoms with Crippen molar-refractivity contribution in [2.75, 3.05) is 20.1 Å². The van der Waals surface area contributed by atoms with Crippen molar-refractivity contribution in [3.63, 3.8) is 0 Å². The summed E-state index contributed by atoms with van der Waals surface area (Å²) < 4.78 is 0. The van der Waals surface area contributed by atoms with E-state index < -0.39 is 6.04 Å². The molecule has 2 aromatic rings. The molecule has 180 valence electrons. The number of rotatable bonds is 14. The second-order valence-electron chi connectivity index (χ2n) is 8.98. The molecule has 0 aliphatic heterocycles. The molecule has 2 aromatic carbocycles. The second-order valence-corrected chi connectivity index (χ2v) is 8.98. The van der Waals surface area contributed by atoms with E-state index in [1.807, 2.05) is 18.2 Å². The number of carbonyl (C=O) groups excluding carboxylic acids is 2. The fourth-order valence-corrected chi connectivity index (χ4v) is 3.67. The van der Waals surface area contributed by atoms with E-state index in [0.717, 1.165) is 24.0 Å². The van der Waals surface area contributed by atoms with Crippen LogP contribution in [0.25, 0.3) is 11.1 Å². The van der Waals surface area contributed by atoms with Gasteiger partial charge < -0.3 is 21.7 Å². The molecule has 2 atom stereocenters. The molecule has 5 N–H and O–H groups in total. The van der Waals surface area contributed by atoms with Crippen LogP contribution in [0.1, 0.15) is 45.1 Å². The molecule has 0 saturated heterocycles. The van der Waals surface area contributed by atoms with Crippen molar-refractivity contribution in [2.45, 2.75) is 58.0 Å². The first kappa shape index (κ1) is 26.6. The average Bonchev–Trinajstić information content (AvgIpc) is 2.83. The lowest BCUT2D eigenvalue weighted by Crippen LogP contribution is -2.45. The predicted molar refractivity (Wildman–Crippen MR) is 136 cm³/mol. The molecule has 0 aromatic heterocycles. The van der Waals surface area contributed by atoms with E-state index >= 15 is 0 Å². The van der Waals surface area contributed by atoms with Gasteiger partial charge in [-0.15, -0.1) is 0 Å². The molecule has 0 unspecified atom stereocenters. The van der Waals surface area contributed by atoms with Gasteiger partial charge >= 0.3 is 0 Å². The van der Waals surface area contributed by atoms with Gasteiger partial charge in [0, 0.05) is 13.1 Å². The number of nitrogens with two attached hydrogens (primary N) is 1. The van der Waals surface area contributed by atoms with Gasteiger partial charge in [0.2, 0.25) is 11.8 Å². The second kappa shape index (κ2) is 14.4. The lowest BCUT2D eigenvalue weighted by atomic mass is 10.0. The van der Waals surface area contributed by atoms with Crippen LogP contribution in [-0.4, -0.2) is 44.0 Å². The third kappa shape index (κ3) is 9.76. The van der Waals surface area contributed by atoms with Crippen molar-refractivity contribution in [1.29, 1.82) is 0 Å². The van der Waals surface area contributed by atoms with E-state index in [1.54, 1.807) is 7.05 Å². The van der Waals surface area contributed by atoms with Crippen LogP contribution in [0.5, 0.6) is 0 Å². The highest BCUT2D eigenvalue weighted by molar-refractivity contribution is 5.82. The Hall–Kier alpha value is -2.70. The average molecular weight is 453 g/mol. The molecule has 33 heavy (non-hydrogen) atoms. The number of amides is 2. The Bertz CT molecular complexity index is 837.